The van der Waals surface area contributed by atoms with Gasteiger partial charge in [0.25, 0.3) is 5.91 Å². The highest BCUT2D eigenvalue weighted by molar-refractivity contribution is 7.91. The van der Waals surface area contributed by atoms with Gasteiger partial charge in [0.1, 0.15) is 6.04 Å². The summed E-state index contributed by atoms with van der Waals surface area (Å²) in [5, 5.41) is 2.33. The topological polar surface area (TPSA) is 104 Å². The second-order valence-corrected chi connectivity index (χ2v) is 12.3. The number of halogens is 1. The highest BCUT2D eigenvalue weighted by Crippen LogP contribution is 2.34. The first-order valence-electron chi connectivity index (χ1n) is 12.6. The molecule has 2 unspecified atom stereocenters. The number of nitrogens with zero attached hydrogens (tertiary/aromatic N) is 2. The van der Waals surface area contributed by atoms with Gasteiger partial charge in [-0.15, -0.1) is 0 Å². The molecule has 3 aliphatic rings. The van der Waals surface area contributed by atoms with E-state index in [1.165, 1.54) is 17.7 Å². The number of rotatable bonds is 6. The van der Waals surface area contributed by atoms with Crippen molar-refractivity contribution in [3.05, 3.63) is 64.7 Å². The number of benzene rings is 2. The number of hydrogen-bond acceptors (Lipinski definition) is 6. The van der Waals surface area contributed by atoms with Crippen LogP contribution in [0.4, 0.5) is 4.39 Å². The molecule has 0 saturated carbocycles. The lowest BCUT2D eigenvalue weighted by Crippen LogP contribution is -2.52. The summed E-state index contributed by atoms with van der Waals surface area (Å²) in [4.78, 5) is 40.6. The largest absolute Gasteiger partial charge is 0.322 e. The molecule has 3 amide bonds. The molecule has 37 heavy (non-hydrogen) atoms. The van der Waals surface area contributed by atoms with Crippen molar-refractivity contribution < 1.29 is 27.2 Å². The van der Waals surface area contributed by atoms with Crippen LogP contribution in [0.15, 0.2) is 47.4 Å². The maximum absolute atomic E-state index is 13.4. The molecular formula is C27H30FN3O5S. The van der Waals surface area contributed by atoms with Crippen LogP contribution >= 0.6 is 0 Å². The molecule has 2 saturated heterocycles. The summed E-state index contributed by atoms with van der Waals surface area (Å²) in [6.07, 6.45) is 2.49. The molecule has 10 heteroatoms. The summed E-state index contributed by atoms with van der Waals surface area (Å²) < 4.78 is 37.4. The van der Waals surface area contributed by atoms with Crippen LogP contribution in [0.5, 0.6) is 0 Å². The van der Waals surface area contributed by atoms with Crippen LogP contribution in [0.3, 0.4) is 0 Å². The molecule has 8 nitrogen and oxygen atoms in total. The second-order valence-electron chi connectivity index (χ2n) is 10.1. The lowest BCUT2D eigenvalue weighted by molar-refractivity contribution is -0.136. The Morgan fingerprint density at radius 1 is 1.03 bits per heavy atom. The van der Waals surface area contributed by atoms with Crippen LogP contribution in [-0.4, -0.2) is 60.6 Å². The zero-order valence-corrected chi connectivity index (χ0v) is 21.5. The Balaban J connectivity index is 1.19. The minimum Gasteiger partial charge on any atom is -0.322 e. The number of sulfone groups is 1. The van der Waals surface area contributed by atoms with Crippen molar-refractivity contribution in [2.45, 2.75) is 68.1 Å². The number of fused-ring (bicyclic) bond motifs is 1. The van der Waals surface area contributed by atoms with Gasteiger partial charge in [0.2, 0.25) is 27.2 Å². The molecule has 0 bridgehead atoms. The van der Waals surface area contributed by atoms with Crippen molar-refractivity contribution in [3.63, 3.8) is 0 Å². The average Bonchev–Trinajstić information content (AvgIpc) is 3.20. The molecule has 1 N–H and O–H groups in total. The molecule has 3 aliphatic heterocycles. The highest BCUT2D eigenvalue weighted by atomic mass is 32.2. The molecule has 2 aromatic carbocycles. The normalized spacial score (nSPS) is 22.2. The number of amides is 3. The van der Waals surface area contributed by atoms with Crippen LogP contribution in [0.1, 0.15) is 65.6 Å². The van der Waals surface area contributed by atoms with E-state index in [-0.39, 0.29) is 23.1 Å². The zero-order chi connectivity index (χ0) is 26.3. The first kappa shape index (κ1) is 25.5. The second kappa shape index (κ2) is 9.98. The fraction of sp³-hybridized carbons (Fsp3) is 0.444. The molecule has 2 fully saturated rings. The lowest BCUT2D eigenvalue weighted by Gasteiger charge is -2.32. The Bertz CT molecular complexity index is 1330. The third kappa shape index (κ3) is 5.04. The lowest BCUT2D eigenvalue weighted by atomic mass is 9.87. The number of hydrogen-bond donors (Lipinski definition) is 1. The van der Waals surface area contributed by atoms with E-state index in [2.05, 4.69) is 16.3 Å². The van der Waals surface area contributed by atoms with E-state index < -0.39 is 27.3 Å². The van der Waals surface area contributed by atoms with E-state index in [9.17, 15) is 27.2 Å². The first-order valence-corrected chi connectivity index (χ1v) is 14.1. The molecule has 0 aliphatic carbocycles. The van der Waals surface area contributed by atoms with Gasteiger partial charge in [-0.1, -0.05) is 24.3 Å². The van der Waals surface area contributed by atoms with Crippen LogP contribution in [-0.2, 0) is 32.5 Å². The number of likely N-dealkylation sites (tertiary alicyclic amines) is 1. The summed E-state index contributed by atoms with van der Waals surface area (Å²) in [5.74, 6) is -0.501. The molecular weight excluding hydrogens is 497 g/mol. The molecule has 0 spiro atoms. The maximum Gasteiger partial charge on any atom is 0.255 e. The van der Waals surface area contributed by atoms with Gasteiger partial charge in [0.15, 0.2) is 0 Å². The standard InChI is InChI=1S/C27H30FN3O5S/c1-17(28)37(35,36)22-5-2-18(3-6-22)15-30-12-10-19(11-13-30)20-4-7-23-21(14-20)16-31(27(23)34)24-8-9-25(32)29-26(24)33/h2-7,14,17,19,24H,8-13,15-16H2,1H3,(H,29,32,33). The number of imide groups is 1. The van der Waals surface area contributed by atoms with Gasteiger partial charge in [0, 0.05) is 25.1 Å². The van der Waals surface area contributed by atoms with Crippen LogP contribution in [0, 0.1) is 0 Å². The number of nitrogens with one attached hydrogen (secondary N) is 1. The number of piperidine rings is 2. The van der Waals surface area contributed by atoms with Crippen molar-refractivity contribution >= 4 is 27.6 Å². The third-order valence-corrected chi connectivity index (χ3v) is 9.48. The van der Waals surface area contributed by atoms with E-state index in [0.717, 1.165) is 44.0 Å². The third-order valence-electron chi connectivity index (χ3n) is 7.69. The van der Waals surface area contributed by atoms with Gasteiger partial charge in [-0.2, -0.15) is 0 Å². The Morgan fingerprint density at radius 3 is 2.38 bits per heavy atom. The van der Waals surface area contributed by atoms with Crippen molar-refractivity contribution in [2.24, 2.45) is 0 Å². The van der Waals surface area contributed by atoms with Crippen molar-refractivity contribution in [1.82, 2.24) is 15.1 Å². The van der Waals surface area contributed by atoms with E-state index in [1.54, 1.807) is 17.0 Å². The van der Waals surface area contributed by atoms with E-state index >= 15 is 0 Å². The molecule has 2 aromatic rings. The Morgan fingerprint density at radius 2 is 1.73 bits per heavy atom. The zero-order valence-electron chi connectivity index (χ0n) is 20.7. The van der Waals surface area contributed by atoms with Gasteiger partial charge >= 0.3 is 0 Å². The minimum absolute atomic E-state index is 0.00350. The molecule has 5 rings (SSSR count). The molecule has 196 valence electrons. The smallest absolute Gasteiger partial charge is 0.255 e. The van der Waals surface area contributed by atoms with Crippen molar-refractivity contribution in [1.29, 1.82) is 0 Å². The maximum atomic E-state index is 13.4. The molecule has 0 radical (unpaired) electrons. The number of carbonyl (C=O) groups is 3. The van der Waals surface area contributed by atoms with Gasteiger partial charge in [-0.25, -0.2) is 12.8 Å². The summed E-state index contributed by atoms with van der Waals surface area (Å²) in [6, 6.07) is 11.8. The monoisotopic (exact) mass is 527 g/mol. The predicted molar refractivity (Wildman–Crippen MR) is 134 cm³/mol. The van der Waals surface area contributed by atoms with Crippen molar-refractivity contribution in [2.75, 3.05) is 13.1 Å². The number of carbonyl (C=O) groups excluding carboxylic acids is 3. The van der Waals surface area contributed by atoms with E-state index in [4.69, 9.17) is 0 Å². The summed E-state index contributed by atoms with van der Waals surface area (Å²) in [5.41, 5.74) is 1.78. The molecule has 3 heterocycles. The van der Waals surface area contributed by atoms with Crippen LogP contribution in [0.25, 0.3) is 0 Å². The minimum atomic E-state index is -3.93. The first-order chi connectivity index (χ1) is 17.6. The Hall–Kier alpha value is -3.11. The van der Waals surface area contributed by atoms with E-state index in [0.29, 0.717) is 31.0 Å². The van der Waals surface area contributed by atoms with Gasteiger partial charge in [-0.05, 0) is 80.1 Å². The fourth-order valence-electron chi connectivity index (χ4n) is 5.50. The Kier molecular flexibility index (Phi) is 6.89. The Labute approximate surface area is 215 Å². The molecule has 0 aromatic heterocycles. The van der Waals surface area contributed by atoms with Gasteiger partial charge < -0.3 is 4.90 Å². The van der Waals surface area contributed by atoms with E-state index in [1.807, 2.05) is 12.1 Å². The SMILES string of the molecule is CC(F)S(=O)(=O)c1ccc(CN2CCC(c3ccc4c(c3)CN(C3CCC(=O)NC3=O)C4=O)CC2)cc1. The van der Waals surface area contributed by atoms with Gasteiger partial charge in [0.05, 0.1) is 4.90 Å². The molecule has 2 atom stereocenters. The summed E-state index contributed by atoms with van der Waals surface area (Å²) >= 11 is 0. The average molecular weight is 528 g/mol. The van der Waals surface area contributed by atoms with Crippen molar-refractivity contribution in [3.8, 4) is 0 Å². The summed E-state index contributed by atoms with van der Waals surface area (Å²) in [6.45, 7) is 3.85. The highest BCUT2D eigenvalue weighted by Gasteiger charge is 2.39. The quantitative estimate of drug-likeness (QED) is 0.580. The summed E-state index contributed by atoms with van der Waals surface area (Å²) in [7, 11) is -3.93. The van der Waals surface area contributed by atoms with Crippen LogP contribution in [0.2, 0.25) is 0 Å². The van der Waals surface area contributed by atoms with Gasteiger partial charge in [-0.3, -0.25) is 24.6 Å². The number of alkyl halides is 1. The van der Waals surface area contributed by atoms with Crippen LogP contribution < -0.4 is 5.32 Å². The fourth-order valence-corrected chi connectivity index (χ4v) is 6.39. The predicted octanol–water partition coefficient (Wildman–Crippen LogP) is 2.92.